The Morgan fingerprint density at radius 2 is 2.13 bits per heavy atom. The summed E-state index contributed by atoms with van der Waals surface area (Å²) in [4.78, 5) is 3.79. The molecule has 1 heterocycles. The highest BCUT2D eigenvalue weighted by atomic mass is 19.2. The Balaban J connectivity index is 2.49. The highest BCUT2D eigenvalue weighted by molar-refractivity contribution is 5.55. The lowest BCUT2D eigenvalue weighted by Crippen LogP contribution is -1.96. The second-order valence-corrected chi connectivity index (χ2v) is 2.82. The number of benzene rings is 1. The lowest BCUT2D eigenvalue weighted by molar-refractivity contribution is 0.380. The molecule has 6 heteroatoms. The molecule has 0 spiro atoms. The monoisotopic (exact) mass is 211 g/mol. The van der Waals surface area contributed by atoms with E-state index in [1.165, 1.54) is 12.1 Å². The van der Waals surface area contributed by atoms with E-state index in [0.717, 1.165) is 6.07 Å². The molecule has 0 saturated carbocycles. The van der Waals surface area contributed by atoms with Gasteiger partial charge >= 0.3 is 0 Å². The predicted molar refractivity (Wildman–Crippen MR) is 47.5 cm³/mol. The number of hydrogen-bond donors (Lipinski definition) is 1. The molecule has 2 rings (SSSR count). The first-order valence-corrected chi connectivity index (χ1v) is 4.19. The first-order valence-electron chi connectivity index (χ1n) is 4.19. The van der Waals surface area contributed by atoms with Crippen molar-refractivity contribution in [1.29, 1.82) is 0 Å². The smallest absolute Gasteiger partial charge is 0.240 e. The molecule has 0 atom stereocenters. The third kappa shape index (κ3) is 1.71. The number of rotatable bonds is 2. The summed E-state index contributed by atoms with van der Waals surface area (Å²) < 4.78 is 30.8. The third-order valence-corrected chi connectivity index (χ3v) is 1.84. The van der Waals surface area contributed by atoms with E-state index in [9.17, 15) is 8.78 Å². The Labute approximate surface area is 83.7 Å². The number of nitrogens with two attached hydrogens (primary N) is 1. The van der Waals surface area contributed by atoms with Crippen LogP contribution in [0.4, 0.5) is 8.78 Å². The highest BCUT2D eigenvalue weighted by Crippen LogP contribution is 2.21. The van der Waals surface area contributed by atoms with Crippen molar-refractivity contribution in [1.82, 2.24) is 10.1 Å². The largest absolute Gasteiger partial charge is 0.338 e. The molecule has 0 fully saturated rings. The van der Waals surface area contributed by atoms with E-state index in [4.69, 9.17) is 5.73 Å². The van der Waals surface area contributed by atoms with Gasteiger partial charge in [0.25, 0.3) is 0 Å². The van der Waals surface area contributed by atoms with Crippen LogP contribution in [0.2, 0.25) is 0 Å². The standard InChI is InChI=1S/C9H7F2N3O/c10-6-3-1-2-5(8(6)11)9-13-7(4-12)15-14-9/h1-3H,4,12H2. The lowest BCUT2D eigenvalue weighted by Gasteiger charge is -1.96. The molecule has 0 unspecified atom stereocenters. The van der Waals surface area contributed by atoms with Crippen LogP contribution in [0.15, 0.2) is 22.7 Å². The van der Waals surface area contributed by atoms with Crippen LogP contribution < -0.4 is 5.73 Å². The predicted octanol–water partition coefficient (Wildman–Crippen LogP) is 1.47. The van der Waals surface area contributed by atoms with Gasteiger partial charge in [0.2, 0.25) is 11.7 Å². The van der Waals surface area contributed by atoms with Crippen molar-refractivity contribution in [3.63, 3.8) is 0 Å². The van der Waals surface area contributed by atoms with Gasteiger partial charge in [-0.1, -0.05) is 11.2 Å². The Morgan fingerprint density at radius 1 is 1.33 bits per heavy atom. The van der Waals surface area contributed by atoms with Crippen LogP contribution in [0.3, 0.4) is 0 Å². The fraction of sp³-hybridized carbons (Fsp3) is 0.111. The van der Waals surface area contributed by atoms with Gasteiger partial charge in [0, 0.05) is 0 Å². The van der Waals surface area contributed by atoms with Gasteiger partial charge in [-0.2, -0.15) is 4.98 Å². The molecule has 2 aromatic rings. The van der Waals surface area contributed by atoms with Crippen molar-refractivity contribution in [3.8, 4) is 11.4 Å². The normalized spacial score (nSPS) is 10.6. The number of nitrogens with zero attached hydrogens (tertiary/aromatic N) is 2. The summed E-state index contributed by atoms with van der Waals surface area (Å²) in [6.45, 7) is 0.0595. The average molecular weight is 211 g/mol. The first kappa shape index (κ1) is 9.72. The van der Waals surface area contributed by atoms with Gasteiger partial charge in [0.05, 0.1) is 12.1 Å². The Morgan fingerprint density at radius 3 is 2.80 bits per heavy atom. The van der Waals surface area contributed by atoms with E-state index in [1.54, 1.807) is 0 Å². The molecule has 2 N–H and O–H groups in total. The number of hydrogen-bond acceptors (Lipinski definition) is 4. The van der Waals surface area contributed by atoms with E-state index in [1.807, 2.05) is 0 Å². The molecule has 0 amide bonds. The van der Waals surface area contributed by atoms with Crippen LogP contribution in [0.5, 0.6) is 0 Å². The van der Waals surface area contributed by atoms with Gasteiger partial charge < -0.3 is 10.3 Å². The summed E-state index contributed by atoms with van der Waals surface area (Å²) in [6.07, 6.45) is 0. The quantitative estimate of drug-likeness (QED) is 0.816. The van der Waals surface area contributed by atoms with Crippen molar-refractivity contribution >= 4 is 0 Å². The molecule has 78 valence electrons. The van der Waals surface area contributed by atoms with Gasteiger partial charge in [0.1, 0.15) is 0 Å². The van der Waals surface area contributed by atoms with Crippen molar-refractivity contribution in [2.24, 2.45) is 5.73 Å². The zero-order chi connectivity index (χ0) is 10.8. The van der Waals surface area contributed by atoms with Crippen LogP contribution in [0.25, 0.3) is 11.4 Å². The molecule has 4 nitrogen and oxygen atoms in total. The van der Waals surface area contributed by atoms with Gasteiger partial charge in [-0.05, 0) is 12.1 Å². The molecular formula is C9H7F2N3O. The van der Waals surface area contributed by atoms with E-state index in [0.29, 0.717) is 0 Å². The SMILES string of the molecule is NCc1nc(-c2cccc(F)c2F)no1. The van der Waals surface area contributed by atoms with E-state index in [2.05, 4.69) is 14.7 Å². The maximum Gasteiger partial charge on any atom is 0.240 e. The van der Waals surface area contributed by atoms with Gasteiger partial charge in [-0.15, -0.1) is 0 Å². The van der Waals surface area contributed by atoms with Crippen LogP contribution in [-0.4, -0.2) is 10.1 Å². The third-order valence-electron chi connectivity index (χ3n) is 1.84. The maximum absolute atomic E-state index is 13.3. The van der Waals surface area contributed by atoms with Crippen molar-refractivity contribution in [3.05, 3.63) is 35.7 Å². The molecule has 0 saturated heterocycles. The molecule has 0 bridgehead atoms. The number of halogens is 2. The zero-order valence-electron chi connectivity index (χ0n) is 7.58. The van der Waals surface area contributed by atoms with Crippen molar-refractivity contribution in [2.75, 3.05) is 0 Å². The molecule has 15 heavy (non-hydrogen) atoms. The van der Waals surface area contributed by atoms with Gasteiger partial charge in [0.15, 0.2) is 11.6 Å². The summed E-state index contributed by atoms with van der Waals surface area (Å²) in [6, 6.07) is 3.75. The lowest BCUT2D eigenvalue weighted by atomic mass is 10.2. The van der Waals surface area contributed by atoms with Gasteiger partial charge in [-0.25, -0.2) is 8.78 Å². The summed E-state index contributed by atoms with van der Waals surface area (Å²) in [5.74, 6) is -1.78. The van der Waals surface area contributed by atoms with Crippen molar-refractivity contribution < 1.29 is 13.3 Å². The molecule has 0 aliphatic heterocycles. The summed E-state index contributed by atoms with van der Waals surface area (Å²) in [7, 11) is 0. The van der Waals surface area contributed by atoms with E-state index >= 15 is 0 Å². The van der Waals surface area contributed by atoms with E-state index < -0.39 is 11.6 Å². The van der Waals surface area contributed by atoms with Crippen LogP contribution in [-0.2, 0) is 6.54 Å². The molecule has 1 aromatic heterocycles. The summed E-state index contributed by atoms with van der Waals surface area (Å²) >= 11 is 0. The second-order valence-electron chi connectivity index (χ2n) is 2.82. The van der Waals surface area contributed by atoms with Crippen LogP contribution in [0, 0.1) is 11.6 Å². The summed E-state index contributed by atoms with van der Waals surface area (Å²) in [5, 5.41) is 3.49. The van der Waals surface area contributed by atoms with Gasteiger partial charge in [-0.3, -0.25) is 0 Å². The Kier molecular flexibility index (Phi) is 2.42. The first-order chi connectivity index (χ1) is 7.22. The van der Waals surface area contributed by atoms with E-state index in [-0.39, 0.29) is 23.8 Å². The fourth-order valence-electron chi connectivity index (χ4n) is 1.12. The minimum atomic E-state index is -0.998. The molecule has 1 aromatic carbocycles. The average Bonchev–Trinajstić information content (AvgIpc) is 2.70. The molecule has 0 aliphatic rings. The minimum absolute atomic E-state index is 0.00699. The molecule has 0 aliphatic carbocycles. The topological polar surface area (TPSA) is 64.9 Å². The zero-order valence-corrected chi connectivity index (χ0v) is 7.58. The van der Waals surface area contributed by atoms with Crippen molar-refractivity contribution in [2.45, 2.75) is 6.54 Å². The number of aromatic nitrogens is 2. The summed E-state index contributed by atoms with van der Waals surface area (Å²) in [5.41, 5.74) is 5.20. The Bertz CT molecular complexity index is 484. The Hall–Kier alpha value is -1.82. The van der Waals surface area contributed by atoms with Crippen LogP contribution in [0.1, 0.15) is 5.89 Å². The van der Waals surface area contributed by atoms with Crippen LogP contribution >= 0.6 is 0 Å². The maximum atomic E-state index is 13.3. The molecular weight excluding hydrogens is 204 g/mol. The highest BCUT2D eigenvalue weighted by Gasteiger charge is 2.14. The second kappa shape index (κ2) is 3.74. The fourth-order valence-corrected chi connectivity index (χ4v) is 1.12. The minimum Gasteiger partial charge on any atom is -0.338 e. The molecule has 0 radical (unpaired) electrons.